The zero-order chi connectivity index (χ0) is 22.1. The number of aromatic nitrogens is 2. The quantitative estimate of drug-likeness (QED) is 0.537. The van der Waals surface area contributed by atoms with Gasteiger partial charge in [-0.05, 0) is 32.4 Å². The third-order valence-electron chi connectivity index (χ3n) is 5.21. The minimum Gasteiger partial charge on any atom is -0.462 e. The second kappa shape index (κ2) is 8.57. The molecule has 1 aromatic heterocycles. The molecule has 0 saturated heterocycles. The molecule has 0 radical (unpaired) electrons. The number of H-pyrrole nitrogens is 1. The van der Waals surface area contributed by atoms with Crippen molar-refractivity contribution < 1.29 is 22.1 Å². The van der Waals surface area contributed by atoms with Crippen LogP contribution in [0, 0.1) is 19.8 Å². The smallest absolute Gasteiger partial charge is 0.328 e. The molecule has 0 unspecified atom stereocenters. The summed E-state index contributed by atoms with van der Waals surface area (Å²) in [6, 6.07) is 5.92. The van der Waals surface area contributed by atoms with Gasteiger partial charge in [0.15, 0.2) is 0 Å². The van der Waals surface area contributed by atoms with Crippen LogP contribution in [0.3, 0.4) is 0 Å². The Bertz CT molecular complexity index is 1150. The number of aryl methyl sites for hydroxylation is 2. The number of benzene rings is 1. The fourth-order valence-electron chi connectivity index (χ4n) is 3.63. The maximum atomic E-state index is 12.5. The van der Waals surface area contributed by atoms with Crippen LogP contribution in [-0.2, 0) is 23.8 Å². The van der Waals surface area contributed by atoms with E-state index in [0.29, 0.717) is 18.4 Å². The number of hydrogen-bond acceptors (Lipinski definition) is 7. The summed E-state index contributed by atoms with van der Waals surface area (Å²) in [6.07, 6.45) is 1.51. The highest BCUT2D eigenvalue weighted by Crippen LogP contribution is 2.37. The molecule has 3 rings (SSSR count). The molecular formula is C20H24N2O7S. The standard InChI is InChI=1S/C20H24N2O7S/c1-12-4-6-17(7-5-12)30(26,27)28-11-15-8-16(9-18(15)29-14(3)23)22-10-13(2)19(24)21-20(22)25/h4-7,10,15-16,18H,8-9,11H2,1-3H3,(H,21,24,25)/t15-,16-,18+/m1/s1. The van der Waals surface area contributed by atoms with E-state index in [9.17, 15) is 22.8 Å². The van der Waals surface area contributed by atoms with Crippen LogP contribution >= 0.6 is 0 Å². The molecular weight excluding hydrogens is 412 g/mol. The summed E-state index contributed by atoms with van der Waals surface area (Å²) in [4.78, 5) is 37.6. The van der Waals surface area contributed by atoms with Gasteiger partial charge in [0.1, 0.15) is 6.10 Å². The molecule has 10 heteroatoms. The molecule has 1 aliphatic carbocycles. The molecule has 1 saturated carbocycles. The van der Waals surface area contributed by atoms with Gasteiger partial charge < -0.3 is 4.74 Å². The molecule has 1 fully saturated rings. The van der Waals surface area contributed by atoms with Crippen molar-refractivity contribution in [2.24, 2.45) is 5.92 Å². The minimum absolute atomic E-state index is 0.0409. The van der Waals surface area contributed by atoms with E-state index in [1.54, 1.807) is 19.1 Å². The van der Waals surface area contributed by atoms with Gasteiger partial charge in [-0.2, -0.15) is 8.42 Å². The number of carbonyl (C=O) groups is 1. The fourth-order valence-corrected chi connectivity index (χ4v) is 4.58. The number of nitrogens with zero attached hydrogens (tertiary/aromatic N) is 1. The Morgan fingerprint density at radius 3 is 2.47 bits per heavy atom. The Labute approximate surface area is 173 Å². The molecule has 1 aliphatic rings. The topological polar surface area (TPSA) is 125 Å². The van der Waals surface area contributed by atoms with Crippen LogP contribution in [0.15, 0.2) is 44.9 Å². The summed E-state index contributed by atoms with van der Waals surface area (Å²) in [7, 11) is -3.98. The van der Waals surface area contributed by atoms with Crippen molar-refractivity contribution in [3.8, 4) is 0 Å². The normalized spacial score (nSPS) is 21.5. The summed E-state index contributed by atoms with van der Waals surface area (Å²) in [5.41, 5.74) is 0.269. The van der Waals surface area contributed by atoms with E-state index in [0.717, 1.165) is 5.56 Å². The number of esters is 1. The number of hydrogen-bond donors (Lipinski definition) is 1. The Hall–Kier alpha value is -2.72. The lowest BCUT2D eigenvalue weighted by Gasteiger charge is -2.18. The number of nitrogens with one attached hydrogen (secondary N) is 1. The molecule has 0 bridgehead atoms. The van der Waals surface area contributed by atoms with Gasteiger partial charge in [-0.3, -0.25) is 23.3 Å². The second-order valence-corrected chi connectivity index (χ2v) is 9.18. The summed E-state index contributed by atoms with van der Waals surface area (Å²) < 4.78 is 37.0. The van der Waals surface area contributed by atoms with Crippen molar-refractivity contribution in [3.05, 3.63) is 62.4 Å². The minimum atomic E-state index is -3.98. The van der Waals surface area contributed by atoms with E-state index in [1.807, 2.05) is 6.92 Å². The van der Waals surface area contributed by atoms with Crippen LogP contribution in [0.1, 0.15) is 36.9 Å². The van der Waals surface area contributed by atoms with Gasteiger partial charge in [0.25, 0.3) is 15.7 Å². The van der Waals surface area contributed by atoms with Crippen LogP contribution in [0.2, 0.25) is 0 Å². The maximum absolute atomic E-state index is 12.5. The molecule has 9 nitrogen and oxygen atoms in total. The Morgan fingerprint density at radius 2 is 1.83 bits per heavy atom. The van der Waals surface area contributed by atoms with Gasteiger partial charge in [0, 0.05) is 37.1 Å². The van der Waals surface area contributed by atoms with Gasteiger partial charge in [0.05, 0.1) is 11.5 Å². The number of ether oxygens (including phenoxy) is 1. The van der Waals surface area contributed by atoms with E-state index in [2.05, 4.69) is 4.98 Å². The first-order chi connectivity index (χ1) is 14.1. The summed E-state index contributed by atoms with van der Waals surface area (Å²) in [6.45, 7) is 4.51. The van der Waals surface area contributed by atoms with Crippen molar-refractivity contribution in [1.82, 2.24) is 9.55 Å². The van der Waals surface area contributed by atoms with Crippen molar-refractivity contribution >= 4 is 16.1 Å². The highest BCUT2D eigenvalue weighted by molar-refractivity contribution is 7.86. The van der Waals surface area contributed by atoms with E-state index in [1.165, 1.54) is 29.8 Å². The van der Waals surface area contributed by atoms with E-state index in [4.69, 9.17) is 8.92 Å². The zero-order valence-corrected chi connectivity index (χ0v) is 17.8. The third-order valence-corrected chi connectivity index (χ3v) is 6.50. The van der Waals surface area contributed by atoms with Gasteiger partial charge in [-0.15, -0.1) is 0 Å². The Balaban J connectivity index is 1.79. The molecule has 30 heavy (non-hydrogen) atoms. The predicted molar refractivity (Wildman–Crippen MR) is 108 cm³/mol. The van der Waals surface area contributed by atoms with Crippen molar-refractivity contribution in [3.63, 3.8) is 0 Å². The molecule has 0 aliphatic heterocycles. The Morgan fingerprint density at radius 1 is 1.17 bits per heavy atom. The molecule has 3 atom stereocenters. The molecule has 0 amide bonds. The zero-order valence-electron chi connectivity index (χ0n) is 17.0. The highest BCUT2D eigenvalue weighted by atomic mass is 32.2. The molecule has 162 valence electrons. The van der Waals surface area contributed by atoms with Gasteiger partial charge in [-0.25, -0.2) is 4.79 Å². The summed E-state index contributed by atoms with van der Waals surface area (Å²) in [5, 5.41) is 0. The van der Waals surface area contributed by atoms with Crippen LogP contribution in [0.5, 0.6) is 0 Å². The van der Waals surface area contributed by atoms with Crippen LogP contribution in [-0.4, -0.2) is 36.6 Å². The van der Waals surface area contributed by atoms with Crippen LogP contribution < -0.4 is 11.2 Å². The van der Waals surface area contributed by atoms with Gasteiger partial charge >= 0.3 is 11.7 Å². The SMILES string of the molecule is CC(=O)O[C@H]1C[C@H](n2cc(C)c(=O)[nH]c2=O)C[C@@H]1COS(=O)(=O)c1ccc(C)cc1. The molecule has 2 aromatic rings. The monoisotopic (exact) mass is 436 g/mol. The number of aromatic amines is 1. The lowest BCUT2D eigenvalue weighted by atomic mass is 10.1. The van der Waals surface area contributed by atoms with E-state index >= 15 is 0 Å². The lowest BCUT2D eigenvalue weighted by molar-refractivity contribution is -0.148. The van der Waals surface area contributed by atoms with Crippen LogP contribution in [0.4, 0.5) is 0 Å². The van der Waals surface area contributed by atoms with E-state index < -0.39 is 39.4 Å². The third kappa shape index (κ3) is 4.88. The summed E-state index contributed by atoms with van der Waals surface area (Å²) >= 11 is 0. The first kappa shape index (κ1) is 22.0. The van der Waals surface area contributed by atoms with Crippen LogP contribution in [0.25, 0.3) is 0 Å². The lowest BCUT2D eigenvalue weighted by Crippen LogP contribution is -2.32. The fraction of sp³-hybridized carbons (Fsp3) is 0.450. The molecule has 1 N–H and O–H groups in total. The van der Waals surface area contributed by atoms with Crippen molar-refractivity contribution in [2.75, 3.05) is 6.61 Å². The van der Waals surface area contributed by atoms with Crippen molar-refractivity contribution in [2.45, 2.75) is 50.7 Å². The first-order valence-electron chi connectivity index (χ1n) is 9.52. The van der Waals surface area contributed by atoms with E-state index in [-0.39, 0.29) is 17.5 Å². The summed E-state index contributed by atoms with van der Waals surface area (Å²) in [5.74, 6) is -0.935. The molecule has 1 aromatic carbocycles. The Kier molecular flexibility index (Phi) is 6.27. The number of carbonyl (C=O) groups excluding carboxylic acids is 1. The largest absolute Gasteiger partial charge is 0.462 e. The maximum Gasteiger partial charge on any atom is 0.328 e. The average Bonchev–Trinajstić information content (AvgIpc) is 3.05. The predicted octanol–water partition coefficient (Wildman–Crippen LogP) is 1.44. The molecule has 0 spiro atoms. The second-order valence-electron chi connectivity index (χ2n) is 7.56. The average molecular weight is 436 g/mol. The number of rotatable bonds is 6. The highest BCUT2D eigenvalue weighted by Gasteiger charge is 2.39. The molecule has 1 heterocycles. The van der Waals surface area contributed by atoms with Gasteiger partial charge in [-0.1, -0.05) is 17.7 Å². The van der Waals surface area contributed by atoms with Crippen molar-refractivity contribution in [1.29, 1.82) is 0 Å². The van der Waals surface area contributed by atoms with Gasteiger partial charge in [0.2, 0.25) is 0 Å². The first-order valence-corrected chi connectivity index (χ1v) is 10.9.